The summed E-state index contributed by atoms with van der Waals surface area (Å²) in [6.07, 6.45) is 2.93. The summed E-state index contributed by atoms with van der Waals surface area (Å²) in [7, 11) is -3.52. The summed E-state index contributed by atoms with van der Waals surface area (Å²) < 4.78 is 32.4. The van der Waals surface area contributed by atoms with E-state index in [4.69, 9.17) is 10.5 Å². The van der Waals surface area contributed by atoms with Crippen molar-refractivity contribution in [2.24, 2.45) is 0 Å². The number of nitrogens with two attached hydrogens (primary N) is 1. The Morgan fingerprint density at radius 2 is 1.92 bits per heavy atom. The second kappa shape index (κ2) is 9.42. The van der Waals surface area contributed by atoms with Crippen molar-refractivity contribution in [2.45, 2.75) is 40.2 Å². The molecule has 0 bridgehead atoms. The predicted molar refractivity (Wildman–Crippen MR) is 148 cm³/mol. The number of benzene rings is 1. The number of fused-ring (bicyclic) bond motifs is 2. The van der Waals surface area contributed by atoms with Crippen LogP contribution in [0.3, 0.4) is 0 Å². The van der Waals surface area contributed by atoms with E-state index < -0.39 is 10.0 Å². The normalized spacial score (nSPS) is 13.9. The maximum atomic E-state index is 11.9. The van der Waals surface area contributed by atoms with Crippen molar-refractivity contribution in [3.63, 3.8) is 0 Å². The Kier molecular flexibility index (Phi) is 6.40. The van der Waals surface area contributed by atoms with Gasteiger partial charge in [-0.05, 0) is 49.1 Å². The molecule has 4 heterocycles. The smallest absolute Gasteiger partial charge is 0.238 e. The van der Waals surface area contributed by atoms with Gasteiger partial charge in [-0.15, -0.1) is 0 Å². The fourth-order valence-corrected chi connectivity index (χ4v) is 5.83. The Balaban J connectivity index is 1.58. The van der Waals surface area contributed by atoms with Crippen LogP contribution < -0.4 is 20.1 Å². The molecule has 1 aromatic carbocycles. The number of aryl methyl sites for hydroxylation is 2. The molecule has 0 spiro atoms. The minimum absolute atomic E-state index is 0.0663. The molecule has 37 heavy (non-hydrogen) atoms. The van der Waals surface area contributed by atoms with Gasteiger partial charge in [-0.3, -0.25) is 4.72 Å². The molecule has 0 radical (unpaired) electrons. The molecule has 0 fully saturated rings. The highest BCUT2D eigenvalue weighted by Gasteiger charge is 2.25. The van der Waals surface area contributed by atoms with Crippen molar-refractivity contribution < 1.29 is 13.2 Å². The zero-order chi connectivity index (χ0) is 26.5. The second-order valence-corrected chi connectivity index (χ2v) is 12.3. The van der Waals surface area contributed by atoms with Crippen molar-refractivity contribution in [2.75, 3.05) is 34.8 Å². The van der Waals surface area contributed by atoms with E-state index in [1.165, 1.54) is 11.3 Å². The van der Waals surface area contributed by atoms with Gasteiger partial charge in [-0.2, -0.15) is 4.98 Å². The number of nitrogen functional groups attached to an aromatic ring is 1. The molecule has 0 aliphatic carbocycles. The molecule has 1 aliphatic rings. The molecule has 0 unspecified atom stereocenters. The van der Waals surface area contributed by atoms with Gasteiger partial charge in [-0.1, -0.05) is 25.2 Å². The third-order valence-electron chi connectivity index (χ3n) is 6.19. The van der Waals surface area contributed by atoms with Crippen LogP contribution in [0.1, 0.15) is 42.1 Å². The summed E-state index contributed by atoms with van der Waals surface area (Å²) in [5.74, 6) is 1.76. The van der Waals surface area contributed by atoms with E-state index in [0.29, 0.717) is 30.6 Å². The van der Waals surface area contributed by atoms with Crippen molar-refractivity contribution >= 4 is 48.6 Å². The molecule has 0 saturated carbocycles. The minimum atomic E-state index is -3.52. The van der Waals surface area contributed by atoms with E-state index in [2.05, 4.69) is 55.5 Å². The van der Waals surface area contributed by atoms with Gasteiger partial charge in [0.05, 0.1) is 12.8 Å². The number of hydrogen-bond donors (Lipinski definition) is 2. The highest BCUT2D eigenvalue weighted by Crippen LogP contribution is 2.37. The number of sulfonamides is 1. The molecular formula is C25H29N7O3S2. The first kappa shape index (κ1) is 25.2. The lowest BCUT2D eigenvalue weighted by molar-refractivity contribution is 0.329. The number of pyridine rings is 1. The molecule has 5 rings (SSSR count). The summed E-state index contributed by atoms with van der Waals surface area (Å²) in [6.45, 7) is 9.67. The zero-order valence-electron chi connectivity index (χ0n) is 21.4. The number of nitrogens with one attached hydrogen (secondary N) is 1. The Hall–Kier alpha value is -3.51. The number of hydrogen-bond acceptors (Lipinski definition) is 10. The highest BCUT2D eigenvalue weighted by atomic mass is 32.2. The van der Waals surface area contributed by atoms with Gasteiger partial charge in [0.2, 0.25) is 16.0 Å². The molecule has 1 aliphatic heterocycles. The van der Waals surface area contributed by atoms with Crippen LogP contribution in [0.25, 0.3) is 21.5 Å². The second-order valence-electron chi connectivity index (χ2n) is 9.55. The highest BCUT2D eigenvalue weighted by molar-refractivity contribution is 7.92. The van der Waals surface area contributed by atoms with Crippen LogP contribution in [-0.4, -0.2) is 47.8 Å². The summed E-state index contributed by atoms with van der Waals surface area (Å²) in [5.41, 5.74) is 12.3. The Morgan fingerprint density at radius 3 is 2.65 bits per heavy atom. The van der Waals surface area contributed by atoms with Crippen molar-refractivity contribution in [3.8, 4) is 16.9 Å². The third-order valence-corrected chi connectivity index (χ3v) is 7.55. The van der Waals surface area contributed by atoms with Crippen molar-refractivity contribution in [3.05, 3.63) is 46.8 Å². The van der Waals surface area contributed by atoms with E-state index in [1.54, 1.807) is 0 Å². The molecule has 0 saturated heterocycles. The maximum Gasteiger partial charge on any atom is 0.238 e. The van der Waals surface area contributed by atoms with Gasteiger partial charge in [0.25, 0.3) is 0 Å². The van der Waals surface area contributed by atoms with Gasteiger partial charge in [-0.25, -0.2) is 23.4 Å². The standard InChI is InChI=1S/C25H29N7O3S2/c1-13(2)20-15(4)28-25(31-37(5,33)34)30-22(20)32-6-7-35-21-14(3)8-16(9-18(21)12-32)17-10-19-23(27-11-17)36-24(26)29-19/h8-11,13H,6-7,12H2,1-5H3,(H2,26,29)(H,28,30,31). The first-order valence-electron chi connectivity index (χ1n) is 11.9. The quantitative estimate of drug-likeness (QED) is 0.381. The molecule has 3 aromatic heterocycles. The fraction of sp³-hybridized carbons (Fsp3) is 0.360. The lowest BCUT2D eigenvalue weighted by atomic mass is 9.99. The summed E-state index contributed by atoms with van der Waals surface area (Å²) in [5, 5.41) is 0.493. The zero-order valence-corrected chi connectivity index (χ0v) is 23.0. The van der Waals surface area contributed by atoms with Gasteiger partial charge in [0.1, 0.15) is 28.5 Å². The SMILES string of the molecule is Cc1cc(-c2cnc3sc(N)nc3c2)cc2c1OCCN(c1nc(NS(C)(=O)=O)nc(C)c1C(C)C)C2. The van der Waals surface area contributed by atoms with Crippen molar-refractivity contribution in [1.82, 2.24) is 19.9 Å². The van der Waals surface area contributed by atoms with Crippen LogP contribution in [0.2, 0.25) is 0 Å². The van der Waals surface area contributed by atoms with Crippen LogP contribution in [0.4, 0.5) is 16.9 Å². The number of thiazole rings is 1. The maximum absolute atomic E-state index is 11.9. The van der Waals surface area contributed by atoms with Crippen LogP contribution >= 0.6 is 11.3 Å². The van der Waals surface area contributed by atoms with Crippen LogP contribution in [0.15, 0.2) is 24.4 Å². The van der Waals surface area contributed by atoms with Crippen LogP contribution in [0, 0.1) is 13.8 Å². The van der Waals surface area contributed by atoms with Gasteiger partial charge >= 0.3 is 0 Å². The van der Waals surface area contributed by atoms with Crippen molar-refractivity contribution in [1.29, 1.82) is 0 Å². The minimum Gasteiger partial charge on any atom is -0.491 e. The predicted octanol–water partition coefficient (Wildman–Crippen LogP) is 4.24. The Bertz CT molecular complexity index is 1620. The largest absolute Gasteiger partial charge is 0.491 e. The molecule has 0 atom stereocenters. The first-order chi connectivity index (χ1) is 17.5. The Labute approximate surface area is 220 Å². The van der Waals surface area contributed by atoms with Gasteiger partial charge < -0.3 is 15.4 Å². The molecule has 10 nitrogen and oxygen atoms in total. The average molecular weight is 540 g/mol. The molecule has 12 heteroatoms. The number of nitrogens with zero attached hydrogens (tertiary/aromatic N) is 5. The number of anilines is 3. The fourth-order valence-electron chi connectivity index (χ4n) is 4.75. The van der Waals surface area contributed by atoms with E-state index in [9.17, 15) is 8.42 Å². The summed E-state index contributed by atoms with van der Waals surface area (Å²) >= 11 is 1.37. The first-order valence-corrected chi connectivity index (χ1v) is 14.6. The third kappa shape index (κ3) is 5.16. The molecule has 3 N–H and O–H groups in total. The lowest BCUT2D eigenvalue weighted by Crippen LogP contribution is -2.29. The van der Waals surface area contributed by atoms with E-state index >= 15 is 0 Å². The van der Waals surface area contributed by atoms with E-state index in [-0.39, 0.29) is 11.9 Å². The number of ether oxygens (including phenoxy) is 1. The van der Waals surface area contributed by atoms with Crippen LogP contribution in [0.5, 0.6) is 5.75 Å². The van der Waals surface area contributed by atoms with Gasteiger partial charge in [0, 0.05) is 35.1 Å². The van der Waals surface area contributed by atoms with Crippen LogP contribution in [-0.2, 0) is 16.6 Å². The summed E-state index contributed by atoms with van der Waals surface area (Å²) in [6, 6.07) is 6.20. The molecular weight excluding hydrogens is 510 g/mol. The van der Waals surface area contributed by atoms with Gasteiger partial charge in [0.15, 0.2) is 5.13 Å². The molecule has 4 aromatic rings. The molecule has 0 amide bonds. The number of rotatable bonds is 5. The average Bonchev–Trinajstić information content (AvgIpc) is 3.02. The topological polar surface area (TPSA) is 136 Å². The van der Waals surface area contributed by atoms with E-state index in [1.807, 2.05) is 26.1 Å². The molecule has 194 valence electrons. The monoisotopic (exact) mass is 539 g/mol. The Morgan fingerprint density at radius 1 is 1.14 bits per heavy atom. The lowest BCUT2D eigenvalue weighted by Gasteiger charge is -2.26. The van der Waals surface area contributed by atoms with E-state index in [0.717, 1.165) is 55.9 Å². The number of aromatic nitrogens is 4. The summed E-state index contributed by atoms with van der Waals surface area (Å²) in [4.78, 5) is 20.9.